The highest BCUT2D eigenvalue weighted by atomic mass is 32.1. The molecule has 2 heterocycles. The van der Waals surface area contributed by atoms with Crippen LogP contribution in [0, 0.1) is 0 Å². The molecule has 200 valence electrons. The summed E-state index contributed by atoms with van der Waals surface area (Å²) in [6.07, 6.45) is 5.54. The fourth-order valence-electron chi connectivity index (χ4n) is 5.05. The largest absolute Gasteiger partial charge is 0.465 e. The zero-order chi connectivity index (χ0) is 26.0. The monoisotopic (exact) mass is 527 g/mol. The normalized spacial score (nSPS) is 17.6. The molecule has 1 aromatic heterocycles. The lowest BCUT2D eigenvalue weighted by Crippen LogP contribution is -2.50. The molecular formula is C28H37N3O5S. The number of hydrogen-bond donors (Lipinski definition) is 1. The van der Waals surface area contributed by atoms with Crippen molar-refractivity contribution in [2.24, 2.45) is 0 Å². The number of methoxy groups -OCH3 is 1. The Hall–Kier alpha value is -2.75. The molecule has 4 rings (SSSR count). The first-order chi connectivity index (χ1) is 18.0. The molecule has 1 saturated carbocycles. The number of esters is 1. The standard InChI is InChI=1S/C28H37N3O5S/c1-35-28(34)22-11-9-21(10-12-22)26(27(33)29-23-6-3-2-4-7-23)31(14-13-30-15-17-36-18-16-30)25(32)20-24-8-5-19-37-24/h5,8-12,19,23,26H,2-4,6-7,13-18,20H2,1H3,(H,29,33)/t26-/m0/s1. The Kier molecular flexibility index (Phi) is 10.1. The van der Waals surface area contributed by atoms with Gasteiger partial charge in [0.25, 0.3) is 0 Å². The number of ether oxygens (including phenoxy) is 2. The number of morpholine rings is 1. The Labute approximate surface area is 222 Å². The molecule has 1 aliphatic heterocycles. The summed E-state index contributed by atoms with van der Waals surface area (Å²) in [5.74, 6) is -0.691. The summed E-state index contributed by atoms with van der Waals surface area (Å²) in [5, 5.41) is 5.20. The van der Waals surface area contributed by atoms with E-state index in [0.717, 1.165) is 43.6 Å². The Morgan fingerprint density at radius 3 is 2.49 bits per heavy atom. The Morgan fingerprint density at radius 2 is 1.84 bits per heavy atom. The quantitative estimate of drug-likeness (QED) is 0.477. The SMILES string of the molecule is COC(=O)c1ccc([C@@H](C(=O)NC2CCCCC2)N(CCN2CCOCC2)C(=O)Cc2cccs2)cc1. The van der Waals surface area contributed by atoms with E-state index in [-0.39, 0.29) is 24.3 Å². The molecule has 0 radical (unpaired) electrons. The van der Waals surface area contributed by atoms with Crippen LogP contribution >= 0.6 is 11.3 Å². The molecule has 37 heavy (non-hydrogen) atoms. The molecule has 2 fully saturated rings. The van der Waals surface area contributed by atoms with Gasteiger partial charge in [-0.3, -0.25) is 14.5 Å². The minimum absolute atomic E-state index is 0.0865. The molecule has 0 spiro atoms. The van der Waals surface area contributed by atoms with E-state index in [0.29, 0.717) is 37.4 Å². The molecule has 1 atom stereocenters. The van der Waals surface area contributed by atoms with Gasteiger partial charge >= 0.3 is 5.97 Å². The van der Waals surface area contributed by atoms with E-state index >= 15 is 0 Å². The predicted octanol–water partition coefficient (Wildman–Crippen LogP) is 3.43. The van der Waals surface area contributed by atoms with Crippen molar-refractivity contribution in [1.82, 2.24) is 15.1 Å². The van der Waals surface area contributed by atoms with Crippen LogP contribution in [0.25, 0.3) is 0 Å². The second-order valence-corrected chi connectivity index (χ2v) is 10.7. The molecule has 1 N–H and O–H groups in total. The van der Waals surface area contributed by atoms with E-state index in [9.17, 15) is 14.4 Å². The zero-order valence-electron chi connectivity index (χ0n) is 21.5. The van der Waals surface area contributed by atoms with Gasteiger partial charge in [-0.25, -0.2) is 4.79 Å². The van der Waals surface area contributed by atoms with Crippen molar-refractivity contribution < 1.29 is 23.9 Å². The third kappa shape index (κ3) is 7.63. The number of nitrogens with zero attached hydrogens (tertiary/aromatic N) is 2. The maximum Gasteiger partial charge on any atom is 0.337 e. The molecule has 8 nitrogen and oxygen atoms in total. The van der Waals surface area contributed by atoms with Crippen molar-refractivity contribution in [3.8, 4) is 0 Å². The van der Waals surface area contributed by atoms with Crippen LogP contribution in [0.2, 0.25) is 0 Å². The molecular weight excluding hydrogens is 490 g/mol. The first-order valence-corrected chi connectivity index (χ1v) is 14.0. The molecule has 1 aliphatic carbocycles. The van der Waals surface area contributed by atoms with Crippen molar-refractivity contribution >= 4 is 29.1 Å². The number of thiophene rings is 1. The van der Waals surface area contributed by atoms with Gasteiger partial charge < -0.3 is 19.7 Å². The number of carbonyl (C=O) groups is 3. The van der Waals surface area contributed by atoms with E-state index in [1.54, 1.807) is 40.5 Å². The van der Waals surface area contributed by atoms with Crippen molar-refractivity contribution in [1.29, 1.82) is 0 Å². The van der Waals surface area contributed by atoms with Gasteiger partial charge in [-0.1, -0.05) is 37.5 Å². The Balaban J connectivity index is 1.62. The molecule has 1 saturated heterocycles. The van der Waals surface area contributed by atoms with Crippen LogP contribution in [0.5, 0.6) is 0 Å². The van der Waals surface area contributed by atoms with Gasteiger partial charge in [-0.15, -0.1) is 11.3 Å². The summed E-state index contributed by atoms with van der Waals surface area (Å²) in [6.45, 7) is 4.03. The number of amides is 2. The van der Waals surface area contributed by atoms with Crippen molar-refractivity contribution in [2.45, 2.75) is 50.6 Å². The molecule has 0 bridgehead atoms. The van der Waals surface area contributed by atoms with Crippen LogP contribution in [0.15, 0.2) is 41.8 Å². The first kappa shape index (κ1) is 27.3. The van der Waals surface area contributed by atoms with Gasteiger partial charge in [0.1, 0.15) is 6.04 Å². The second-order valence-electron chi connectivity index (χ2n) is 9.66. The Bertz CT molecular complexity index is 1010. The van der Waals surface area contributed by atoms with Crippen LogP contribution < -0.4 is 5.32 Å². The van der Waals surface area contributed by atoms with E-state index in [2.05, 4.69) is 10.2 Å². The summed E-state index contributed by atoms with van der Waals surface area (Å²) >= 11 is 1.54. The summed E-state index contributed by atoms with van der Waals surface area (Å²) < 4.78 is 10.3. The van der Waals surface area contributed by atoms with Crippen LogP contribution in [0.3, 0.4) is 0 Å². The fourth-order valence-corrected chi connectivity index (χ4v) is 5.75. The maximum atomic E-state index is 13.9. The van der Waals surface area contributed by atoms with Gasteiger partial charge in [-0.05, 0) is 42.0 Å². The van der Waals surface area contributed by atoms with E-state index in [1.807, 2.05) is 17.5 Å². The van der Waals surface area contributed by atoms with Crippen LogP contribution in [0.4, 0.5) is 0 Å². The number of benzene rings is 1. The molecule has 2 amide bonds. The summed E-state index contributed by atoms with van der Waals surface area (Å²) in [7, 11) is 1.34. The summed E-state index contributed by atoms with van der Waals surface area (Å²) in [6, 6.07) is 10.1. The fraction of sp³-hybridized carbons (Fsp3) is 0.536. The minimum Gasteiger partial charge on any atom is -0.465 e. The summed E-state index contributed by atoms with van der Waals surface area (Å²) in [5.41, 5.74) is 1.09. The lowest BCUT2D eigenvalue weighted by Gasteiger charge is -2.35. The smallest absolute Gasteiger partial charge is 0.337 e. The minimum atomic E-state index is -0.790. The van der Waals surface area contributed by atoms with Gasteiger partial charge in [0.2, 0.25) is 11.8 Å². The van der Waals surface area contributed by atoms with E-state index in [4.69, 9.17) is 9.47 Å². The molecule has 2 aliphatic rings. The van der Waals surface area contributed by atoms with E-state index in [1.165, 1.54) is 13.5 Å². The number of hydrogen-bond acceptors (Lipinski definition) is 7. The van der Waals surface area contributed by atoms with Gasteiger partial charge in [0, 0.05) is 37.1 Å². The van der Waals surface area contributed by atoms with Gasteiger partial charge in [-0.2, -0.15) is 0 Å². The average Bonchev–Trinajstić information content (AvgIpc) is 3.44. The first-order valence-electron chi connectivity index (χ1n) is 13.2. The Morgan fingerprint density at radius 1 is 1.11 bits per heavy atom. The predicted molar refractivity (Wildman–Crippen MR) is 143 cm³/mol. The molecule has 1 aromatic carbocycles. The van der Waals surface area contributed by atoms with Gasteiger partial charge in [0.15, 0.2) is 0 Å². The van der Waals surface area contributed by atoms with Crippen LogP contribution in [-0.4, -0.2) is 80.1 Å². The number of rotatable bonds is 10. The molecule has 0 unspecified atom stereocenters. The highest BCUT2D eigenvalue weighted by Crippen LogP contribution is 2.26. The van der Waals surface area contributed by atoms with Crippen LogP contribution in [0.1, 0.15) is 58.9 Å². The van der Waals surface area contributed by atoms with Crippen molar-refractivity contribution in [3.63, 3.8) is 0 Å². The highest BCUT2D eigenvalue weighted by molar-refractivity contribution is 7.10. The van der Waals surface area contributed by atoms with Gasteiger partial charge in [0.05, 0.1) is 32.3 Å². The number of nitrogens with one attached hydrogen (secondary N) is 1. The third-order valence-electron chi connectivity index (χ3n) is 7.15. The molecule has 2 aromatic rings. The van der Waals surface area contributed by atoms with Crippen molar-refractivity contribution in [3.05, 3.63) is 57.8 Å². The lowest BCUT2D eigenvalue weighted by atomic mass is 9.94. The third-order valence-corrected chi connectivity index (χ3v) is 8.02. The zero-order valence-corrected chi connectivity index (χ0v) is 22.3. The second kappa shape index (κ2) is 13.7. The maximum absolute atomic E-state index is 13.9. The van der Waals surface area contributed by atoms with Crippen LogP contribution in [-0.2, 0) is 25.5 Å². The topological polar surface area (TPSA) is 88.2 Å². The highest BCUT2D eigenvalue weighted by Gasteiger charge is 2.33. The number of carbonyl (C=O) groups excluding carboxylic acids is 3. The molecule has 9 heteroatoms. The summed E-state index contributed by atoms with van der Waals surface area (Å²) in [4.78, 5) is 44.6. The average molecular weight is 528 g/mol. The van der Waals surface area contributed by atoms with E-state index < -0.39 is 12.0 Å². The van der Waals surface area contributed by atoms with Crippen molar-refractivity contribution in [2.75, 3.05) is 46.5 Å². The lowest BCUT2D eigenvalue weighted by molar-refractivity contribution is -0.141.